The summed E-state index contributed by atoms with van der Waals surface area (Å²) in [7, 11) is 2.17. The number of piperidine rings is 1. The number of nitrogens with zero attached hydrogens (tertiary/aromatic N) is 2. The predicted octanol–water partition coefficient (Wildman–Crippen LogP) is 4.39. The fraction of sp³-hybridized carbons (Fsp3) is 0.375. The van der Waals surface area contributed by atoms with Crippen molar-refractivity contribution in [3.05, 3.63) is 71.3 Å². The Morgan fingerprint density at radius 3 is 2.80 bits per heavy atom. The first kappa shape index (κ1) is 21.0. The molecule has 2 N–H and O–H groups in total. The van der Waals surface area contributed by atoms with E-state index in [1.807, 2.05) is 30.4 Å². The van der Waals surface area contributed by atoms with Crippen LogP contribution < -0.4 is 10.5 Å². The number of thiazole rings is 1. The summed E-state index contributed by atoms with van der Waals surface area (Å²) in [5.74, 6) is 0.826. The number of para-hydroxylation sites is 1. The molecule has 1 aliphatic rings. The molecule has 0 amide bonds. The molecular formula is C24H29N3O2S. The zero-order valence-electron chi connectivity index (χ0n) is 17.4. The highest BCUT2D eigenvalue weighted by Gasteiger charge is 2.26. The van der Waals surface area contributed by atoms with E-state index in [1.54, 1.807) is 11.3 Å². The Morgan fingerprint density at radius 1 is 1.17 bits per heavy atom. The van der Waals surface area contributed by atoms with Crippen LogP contribution in [0.15, 0.2) is 60.7 Å². The van der Waals surface area contributed by atoms with E-state index in [2.05, 4.69) is 42.3 Å². The molecule has 0 radical (unpaired) electrons. The standard InChI is InChI=1S/C24H29N3O2S/c1-27-14-11-19(12-15-27)29-23(24-26-21-9-2-3-10-22(21)30-24)18-7-6-8-20(17-18)28-16-5-4-13-25/h2-10,17,19,23H,11-16,25H2,1H3. The van der Waals surface area contributed by atoms with Crippen molar-refractivity contribution < 1.29 is 9.47 Å². The number of benzene rings is 2. The van der Waals surface area contributed by atoms with Gasteiger partial charge in [-0.3, -0.25) is 0 Å². The number of ether oxygens (including phenoxy) is 2. The minimum Gasteiger partial charge on any atom is -0.490 e. The second-order valence-corrected chi connectivity index (χ2v) is 8.69. The lowest BCUT2D eigenvalue weighted by Crippen LogP contribution is -2.35. The number of rotatable bonds is 8. The Morgan fingerprint density at radius 2 is 2.00 bits per heavy atom. The number of likely N-dealkylation sites (tertiary alicyclic amines) is 1. The number of hydrogen-bond donors (Lipinski definition) is 1. The van der Waals surface area contributed by atoms with Crippen LogP contribution in [-0.4, -0.2) is 49.3 Å². The predicted molar refractivity (Wildman–Crippen MR) is 123 cm³/mol. The normalized spacial score (nSPS) is 17.0. The lowest BCUT2D eigenvalue weighted by atomic mass is 10.1. The molecule has 1 aromatic heterocycles. The summed E-state index contributed by atoms with van der Waals surface area (Å²) in [6.45, 7) is 3.15. The van der Waals surface area contributed by atoms with Gasteiger partial charge in [0.2, 0.25) is 0 Å². The first-order chi connectivity index (χ1) is 14.7. The Kier molecular flexibility index (Phi) is 7.12. The molecule has 0 saturated carbocycles. The summed E-state index contributed by atoms with van der Waals surface area (Å²) in [6, 6.07) is 16.4. The molecule has 1 saturated heterocycles. The molecule has 1 unspecified atom stereocenters. The third-order valence-electron chi connectivity index (χ3n) is 5.34. The van der Waals surface area contributed by atoms with Crippen LogP contribution in [0.2, 0.25) is 0 Å². The van der Waals surface area contributed by atoms with Crippen molar-refractivity contribution >= 4 is 21.6 Å². The third kappa shape index (κ3) is 5.26. The maximum absolute atomic E-state index is 6.67. The molecule has 6 heteroatoms. The maximum Gasteiger partial charge on any atom is 0.135 e. The van der Waals surface area contributed by atoms with E-state index in [0.717, 1.165) is 47.8 Å². The molecule has 158 valence electrons. The first-order valence-electron chi connectivity index (χ1n) is 10.5. The number of aromatic nitrogens is 1. The minimum absolute atomic E-state index is 0.195. The Balaban J connectivity index is 1.60. The van der Waals surface area contributed by atoms with Crippen molar-refractivity contribution in [2.45, 2.75) is 25.0 Å². The van der Waals surface area contributed by atoms with Crippen LogP contribution >= 0.6 is 11.3 Å². The van der Waals surface area contributed by atoms with Crippen LogP contribution in [0.5, 0.6) is 5.75 Å². The van der Waals surface area contributed by atoms with Crippen molar-refractivity contribution in [1.82, 2.24) is 9.88 Å². The molecule has 0 aliphatic carbocycles. The largest absolute Gasteiger partial charge is 0.490 e. The molecule has 5 nitrogen and oxygen atoms in total. The van der Waals surface area contributed by atoms with Gasteiger partial charge in [0, 0.05) is 19.6 Å². The third-order valence-corrected chi connectivity index (χ3v) is 6.42. The quantitative estimate of drug-likeness (QED) is 0.545. The van der Waals surface area contributed by atoms with Gasteiger partial charge in [0.05, 0.1) is 16.3 Å². The summed E-state index contributed by atoms with van der Waals surface area (Å²) in [5, 5.41) is 0.996. The van der Waals surface area contributed by atoms with Crippen molar-refractivity contribution in [1.29, 1.82) is 0 Å². The lowest BCUT2D eigenvalue weighted by Gasteiger charge is -2.31. The monoisotopic (exact) mass is 423 g/mol. The van der Waals surface area contributed by atoms with Gasteiger partial charge in [-0.2, -0.15) is 0 Å². The molecule has 4 rings (SSSR count). The average Bonchev–Trinajstić information content (AvgIpc) is 3.20. The van der Waals surface area contributed by atoms with Crippen molar-refractivity contribution in [2.75, 3.05) is 33.3 Å². The molecular weight excluding hydrogens is 394 g/mol. The molecule has 2 heterocycles. The average molecular weight is 424 g/mol. The van der Waals surface area contributed by atoms with Gasteiger partial charge in [-0.25, -0.2) is 4.98 Å². The van der Waals surface area contributed by atoms with E-state index in [9.17, 15) is 0 Å². The minimum atomic E-state index is -0.195. The highest BCUT2D eigenvalue weighted by molar-refractivity contribution is 7.18. The molecule has 1 aliphatic heterocycles. The molecule has 3 aromatic rings. The SMILES string of the molecule is CN1CCC(OC(c2cccc(OCC=CCN)c2)c2nc3ccccc3s2)CC1. The first-order valence-corrected chi connectivity index (χ1v) is 11.3. The van der Waals surface area contributed by atoms with E-state index in [-0.39, 0.29) is 12.2 Å². The van der Waals surface area contributed by atoms with Crippen molar-refractivity contribution in [3.8, 4) is 5.75 Å². The number of hydrogen-bond acceptors (Lipinski definition) is 6. The van der Waals surface area contributed by atoms with Gasteiger partial charge in [-0.1, -0.05) is 36.4 Å². The van der Waals surface area contributed by atoms with Gasteiger partial charge >= 0.3 is 0 Å². The molecule has 30 heavy (non-hydrogen) atoms. The van der Waals surface area contributed by atoms with Crippen LogP contribution in [-0.2, 0) is 4.74 Å². The number of nitrogens with two attached hydrogens (primary N) is 1. The highest BCUT2D eigenvalue weighted by Crippen LogP contribution is 2.36. The van der Waals surface area contributed by atoms with E-state index in [0.29, 0.717) is 13.2 Å². The second-order valence-electron chi connectivity index (χ2n) is 7.63. The summed E-state index contributed by atoms with van der Waals surface area (Å²) in [6.07, 6.45) is 5.95. The Bertz CT molecular complexity index is 946. The van der Waals surface area contributed by atoms with E-state index < -0.39 is 0 Å². The van der Waals surface area contributed by atoms with Gasteiger partial charge in [0.1, 0.15) is 23.5 Å². The van der Waals surface area contributed by atoms with Gasteiger partial charge in [-0.15, -0.1) is 11.3 Å². The fourth-order valence-electron chi connectivity index (χ4n) is 3.67. The van der Waals surface area contributed by atoms with Crippen LogP contribution in [0.4, 0.5) is 0 Å². The van der Waals surface area contributed by atoms with E-state index in [1.165, 1.54) is 4.70 Å². The Labute approximate surface area is 182 Å². The molecule has 0 bridgehead atoms. The van der Waals surface area contributed by atoms with Crippen LogP contribution in [0.1, 0.15) is 29.5 Å². The molecule has 2 aromatic carbocycles. The lowest BCUT2D eigenvalue weighted by molar-refractivity contribution is -0.0235. The zero-order valence-corrected chi connectivity index (χ0v) is 18.2. The van der Waals surface area contributed by atoms with Gasteiger partial charge < -0.3 is 20.1 Å². The van der Waals surface area contributed by atoms with Crippen molar-refractivity contribution in [3.63, 3.8) is 0 Å². The highest BCUT2D eigenvalue weighted by atomic mass is 32.1. The van der Waals surface area contributed by atoms with E-state index >= 15 is 0 Å². The molecule has 1 atom stereocenters. The Hall–Kier alpha value is -2.25. The summed E-state index contributed by atoms with van der Waals surface area (Å²) in [5.41, 5.74) is 7.60. The summed E-state index contributed by atoms with van der Waals surface area (Å²) < 4.78 is 13.7. The molecule has 0 spiro atoms. The maximum atomic E-state index is 6.67. The van der Waals surface area contributed by atoms with Crippen molar-refractivity contribution in [2.24, 2.45) is 5.73 Å². The van der Waals surface area contributed by atoms with Gasteiger partial charge in [0.15, 0.2) is 0 Å². The zero-order chi connectivity index (χ0) is 20.8. The van der Waals surface area contributed by atoms with Crippen LogP contribution in [0.25, 0.3) is 10.2 Å². The summed E-state index contributed by atoms with van der Waals surface area (Å²) in [4.78, 5) is 7.26. The van der Waals surface area contributed by atoms with Crippen LogP contribution in [0.3, 0.4) is 0 Å². The second kappa shape index (κ2) is 10.2. The summed E-state index contributed by atoms with van der Waals surface area (Å²) >= 11 is 1.71. The fourth-order valence-corrected chi connectivity index (χ4v) is 4.70. The molecule has 1 fully saturated rings. The number of fused-ring (bicyclic) bond motifs is 1. The smallest absolute Gasteiger partial charge is 0.135 e. The van der Waals surface area contributed by atoms with Gasteiger partial charge in [-0.05, 0) is 49.7 Å². The van der Waals surface area contributed by atoms with Gasteiger partial charge in [0.25, 0.3) is 0 Å². The van der Waals surface area contributed by atoms with E-state index in [4.69, 9.17) is 20.2 Å². The van der Waals surface area contributed by atoms with Crippen LogP contribution in [0, 0.1) is 0 Å². The topological polar surface area (TPSA) is 60.6 Å².